The van der Waals surface area contributed by atoms with Gasteiger partial charge in [0.1, 0.15) is 5.58 Å². The number of unbranched alkanes of at least 4 members (excludes halogenated alkanes) is 1. The Morgan fingerprint density at radius 1 is 0.545 bits per heavy atom. The summed E-state index contributed by atoms with van der Waals surface area (Å²) in [5.74, 6) is 0.875. The second kappa shape index (κ2) is 14.5. The van der Waals surface area contributed by atoms with Crippen LogP contribution in [0.15, 0.2) is 211 Å². The monoisotopic (exact) mass is 862 g/mol. The van der Waals surface area contributed by atoms with Gasteiger partial charge in [-0.25, -0.2) is 0 Å². The summed E-state index contributed by atoms with van der Waals surface area (Å²) in [7, 11) is 0. The maximum absolute atomic E-state index is 7.37. The van der Waals surface area contributed by atoms with Gasteiger partial charge in [0.2, 0.25) is 5.88 Å². The molecule has 0 amide bonds. The van der Waals surface area contributed by atoms with Crippen molar-refractivity contribution >= 4 is 88.9 Å². The maximum Gasteiger partial charge on any atom is 0.337 e. The molecule has 0 bridgehead atoms. The minimum absolute atomic E-state index is 0.212. The van der Waals surface area contributed by atoms with E-state index in [0.717, 1.165) is 47.5 Å². The number of aryl methyl sites for hydroxylation is 1. The average molecular weight is 863 g/mol. The summed E-state index contributed by atoms with van der Waals surface area (Å²) in [4.78, 5) is 5.20. The summed E-state index contributed by atoms with van der Waals surface area (Å²) < 4.78 is 9.93. The van der Waals surface area contributed by atoms with Gasteiger partial charge in [0.25, 0.3) is 0 Å². The lowest BCUT2D eigenvalue weighted by atomic mass is 9.42. The van der Waals surface area contributed by atoms with E-state index in [1.54, 1.807) is 0 Å². The lowest BCUT2D eigenvalue weighted by molar-refractivity contribution is 0.622. The largest absolute Gasteiger partial charge is 0.440 e. The Morgan fingerprint density at radius 3 is 2.02 bits per heavy atom. The number of nitrogens with zero attached hydrogens (tertiary/aromatic N) is 2. The molecule has 5 heteroatoms. The highest BCUT2D eigenvalue weighted by Gasteiger charge is 2.55. The Bertz CT molecular complexity index is 3690. The van der Waals surface area contributed by atoms with Crippen molar-refractivity contribution in [2.45, 2.75) is 31.6 Å². The molecule has 3 aliphatic heterocycles. The molecule has 312 valence electrons. The molecule has 0 fully saturated rings. The smallest absolute Gasteiger partial charge is 0.337 e. The van der Waals surface area contributed by atoms with E-state index in [-0.39, 0.29) is 6.85 Å². The molecule has 5 heterocycles. The van der Waals surface area contributed by atoms with Gasteiger partial charge in [0, 0.05) is 59.2 Å². The van der Waals surface area contributed by atoms with Crippen molar-refractivity contribution in [1.82, 2.24) is 0 Å². The van der Waals surface area contributed by atoms with Crippen molar-refractivity contribution < 1.29 is 4.42 Å². The first-order chi connectivity index (χ1) is 32.7. The first-order valence-corrected chi connectivity index (χ1v) is 24.2. The summed E-state index contributed by atoms with van der Waals surface area (Å²) in [5.41, 5.74) is 18.9. The third-order valence-corrected chi connectivity index (χ3v) is 15.8. The Labute approximate surface area is 388 Å². The van der Waals surface area contributed by atoms with Crippen LogP contribution in [0.2, 0.25) is 0 Å². The summed E-state index contributed by atoms with van der Waals surface area (Å²) in [6.45, 7) is 2.06. The van der Waals surface area contributed by atoms with Crippen molar-refractivity contribution in [3.63, 3.8) is 0 Å². The van der Waals surface area contributed by atoms with Gasteiger partial charge in [0.15, 0.2) is 0 Å². The van der Waals surface area contributed by atoms with Crippen LogP contribution in [-0.4, -0.2) is 6.85 Å². The first kappa shape index (κ1) is 37.7. The molecule has 0 unspecified atom stereocenters. The molecular formula is C61H43BN2OS. The summed E-state index contributed by atoms with van der Waals surface area (Å²) in [6.07, 6.45) is 3.34. The summed E-state index contributed by atoms with van der Waals surface area (Å²) >= 11 is 1.90. The third-order valence-electron chi connectivity index (χ3n) is 14.7. The lowest BCUT2D eigenvalue weighted by Crippen LogP contribution is -2.63. The second-order valence-corrected chi connectivity index (χ2v) is 19.2. The Hall–Kier alpha value is -7.60. The van der Waals surface area contributed by atoms with E-state index in [9.17, 15) is 0 Å². The standard InChI is InChI=1S/C61H43BN2OS/c1-2-3-20-39-35-36-49(46(37-39)40-21-7-4-8-22-40)63-51-38-54-55(44-28-14-18-34-53(44)66-54)56-45-29-19-31-48-59(45)64(62(58(51)56)57-43-27-13-17-33-52(43)65-60(57)63)50-32-16-15-30-47(50)61(48,41-23-9-5-10-24-41)42-25-11-6-12-26-42/h4-19,21-38H,2-3,20H2,1H3. The molecule has 66 heavy (non-hydrogen) atoms. The molecule has 0 N–H and O–H groups in total. The molecule has 3 nitrogen and oxygen atoms in total. The van der Waals surface area contributed by atoms with Gasteiger partial charge in [-0.3, -0.25) is 4.90 Å². The van der Waals surface area contributed by atoms with Crippen molar-refractivity contribution in [3.8, 4) is 22.3 Å². The Balaban J connectivity index is 1.17. The van der Waals surface area contributed by atoms with E-state index >= 15 is 0 Å². The minimum atomic E-state index is -0.599. The van der Waals surface area contributed by atoms with E-state index in [1.807, 2.05) is 11.3 Å². The van der Waals surface area contributed by atoms with E-state index in [0.29, 0.717) is 0 Å². The fraction of sp³-hybridized carbons (Fsp3) is 0.0820. The molecule has 2 aromatic heterocycles. The Morgan fingerprint density at radius 2 is 1.23 bits per heavy atom. The zero-order valence-corrected chi connectivity index (χ0v) is 37.4. The number of hydrogen-bond donors (Lipinski definition) is 0. The predicted octanol–water partition coefficient (Wildman–Crippen LogP) is 15.2. The van der Waals surface area contributed by atoms with E-state index in [1.165, 1.54) is 92.5 Å². The first-order valence-electron chi connectivity index (χ1n) is 23.4. The zero-order valence-electron chi connectivity index (χ0n) is 36.5. The Kier molecular flexibility index (Phi) is 8.27. The van der Waals surface area contributed by atoms with Gasteiger partial charge in [-0.2, -0.15) is 0 Å². The predicted molar refractivity (Wildman–Crippen MR) is 279 cm³/mol. The van der Waals surface area contributed by atoms with Crippen LogP contribution in [0.5, 0.6) is 0 Å². The highest BCUT2D eigenvalue weighted by atomic mass is 32.1. The molecule has 0 saturated carbocycles. The van der Waals surface area contributed by atoms with Gasteiger partial charge in [-0.05, 0) is 93.6 Å². The molecule has 0 saturated heterocycles. The minimum Gasteiger partial charge on any atom is -0.440 e. The molecular weight excluding hydrogens is 820 g/mol. The second-order valence-electron chi connectivity index (χ2n) is 18.1. The fourth-order valence-corrected chi connectivity index (χ4v) is 13.2. The van der Waals surface area contributed by atoms with Crippen LogP contribution in [0, 0.1) is 0 Å². The number of hydrogen-bond acceptors (Lipinski definition) is 4. The quantitative estimate of drug-likeness (QED) is 0.149. The molecule has 0 aliphatic carbocycles. The molecule has 3 aliphatic rings. The van der Waals surface area contributed by atoms with Crippen LogP contribution in [-0.2, 0) is 11.8 Å². The lowest BCUT2D eigenvalue weighted by Gasteiger charge is -2.52. The number of furan rings is 1. The van der Waals surface area contributed by atoms with Crippen LogP contribution in [0.4, 0.5) is 28.6 Å². The number of benzene rings is 9. The number of fused-ring (bicyclic) bond motifs is 12. The SMILES string of the molecule is CCCCc1ccc(N2c3cc4sc5ccccc5c4c4c3B(c3c2oc2ccccc32)N2c3ccccc3C(c3ccccc3)(c3ccccc3)c3cccc-4c32)c(-c2ccccc2)c1. The van der Waals surface area contributed by atoms with Gasteiger partial charge >= 0.3 is 6.85 Å². The highest BCUT2D eigenvalue weighted by Crippen LogP contribution is 2.62. The molecule has 11 aromatic rings. The molecule has 9 aromatic carbocycles. The maximum atomic E-state index is 7.37. The van der Waals surface area contributed by atoms with Gasteiger partial charge in [-0.15, -0.1) is 11.3 Å². The number of anilines is 5. The van der Waals surface area contributed by atoms with Crippen LogP contribution in [0.3, 0.4) is 0 Å². The fourth-order valence-electron chi connectivity index (χ4n) is 12.0. The van der Waals surface area contributed by atoms with E-state index in [4.69, 9.17) is 4.42 Å². The number of rotatable bonds is 7. The summed E-state index contributed by atoms with van der Waals surface area (Å²) in [5, 5.41) is 3.76. The van der Waals surface area contributed by atoms with Gasteiger partial charge < -0.3 is 9.23 Å². The van der Waals surface area contributed by atoms with Crippen LogP contribution in [0.1, 0.15) is 47.6 Å². The van der Waals surface area contributed by atoms with Crippen molar-refractivity contribution in [3.05, 3.63) is 234 Å². The molecule has 0 radical (unpaired) electrons. The van der Waals surface area contributed by atoms with Crippen LogP contribution >= 0.6 is 11.3 Å². The molecule has 0 atom stereocenters. The highest BCUT2D eigenvalue weighted by molar-refractivity contribution is 7.26. The van der Waals surface area contributed by atoms with Crippen molar-refractivity contribution in [1.29, 1.82) is 0 Å². The van der Waals surface area contributed by atoms with Crippen LogP contribution < -0.4 is 20.6 Å². The zero-order chi connectivity index (χ0) is 43.5. The van der Waals surface area contributed by atoms with Gasteiger partial charge in [0.05, 0.1) is 11.1 Å². The topological polar surface area (TPSA) is 19.6 Å². The van der Waals surface area contributed by atoms with Crippen molar-refractivity contribution in [2.75, 3.05) is 9.71 Å². The third kappa shape index (κ3) is 5.09. The van der Waals surface area contributed by atoms with Crippen molar-refractivity contribution in [2.24, 2.45) is 0 Å². The normalized spacial score (nSPS) is 14.0. The average Bonchev–Trinajstić information content (AvgIpc) is 3.96. The van der Waals surface area contributed by atoms with E-state index < -0.39 is 5.41 Å². The van der Waals surface area contributed by atoms with Crippen LogP contribution in [0.25, 0.3) is 53.4 Å². The number of para-hydroxylation sites is 3. The number of thiophene rings is 1. The molecule has 0 spiro atoms. The molecule has 14 rings (SSSR count). The van der Waals surface area contributed by atoms with Gasteiger partial charge in [-0.1, -0.05) is 183 Å². The summed E-state index contributed by atoms with van der Waals surface area (Å²) in [6, 6.07) is 77.1. The van der Waals surface area contributed by atoms with E-state index in [2.05, 4.69) is 223 Å².